The quantitative estimate of drug-likeness (QED) is 0.114. The van der Waals surface area contributed by atoms with E-state index in [2.05, 4.69) is 51.6 Å². The predicted molar refractivity (Wildman–Crippen MR) is 181 cm³/mol. The standard InChI is InChI=1S/C30H37BrN8O6S/c1-38(46(5,41)42)26-12-20(40)6-7-23(26)35-28-22(31)17-32-30(37-28)36-24-13-21(19-15-33-34-16-19)25(14-27(24)43-2)39-10-8-18(9-11-39)29(44-3)45-4/h6-7,12-18,29,40H,8-11H2,1-5H3,(H,33,34)(H2,32,35,36,37)/i2D3. The number of hydrogen-bond acceptors (Lipinski definition) is 12. The van der Waals surface area contributed by atoms with Crippen molar-refractivity contribution in [2.24, 2.45) is 5.92 Å². The van der Waals surface area contributed by atoms with Gasteiger partial charge in [-0.05, 0) is 47.0 Å². The molecule has 0 amide bonds. The van der Waals surface area contributed by atoms with E-state index in [1.165, 1.54) is 31.4 Å². The van der Waals surface area contributed by atoms with Crippen molar-refractivity contribution in [3.8, 4) is 22.6 Å². The van der Waals surface area contributed by atoms with Gasteiger partial charge in [0.25, 0.3) is 0 Å². The number of phenols is 1. The number of aromatic nitrogens is 4. The van der Waals surface area contributed by atoms with E-state index in [0.29, 0.717) is 23.2 Å². The first-order valence-electron chi connectivity index (χ1n) is 15.7. The number of aromatic hydroxyl groups is 1. The van der Waals surface area contributed by atoms with Gasteiger partial charge in [-0.15, -0.1) is 0 Å². The molecule has 0 saturated carbocycles. The molecule has 1 fully saturated rings. The van der Waals surface area contributed by atoms with Gasteiger partial charge in [0, 0.05) is 81.6 Å². The average Bonchev–Trinajstić information content (AvgIpc) is 3.59. The van der Waals surface area contributed by atoms with Gasteiger partial charge in [-0.1, -0.05) is 0 Å². The summed E-state index contributed by atoms with van der Waals surface area (Å²) in [5.41, 5.74) is 3.07. The molecule has 3 heterocycles. The number of sulfonamides is 1. The first-order valence-corrected chi connectivity index (χ1v) is 16.8. The van der Waals surface area contributed by atoms with E-state index in [4.69, 9.17) is 18.3 Å². The van der Waals surface area contributed by atoms with Crippen LogP contribution in [0.4, 0.5) is 34.5 Å². The van der Waals surface area contributed by atoms with E-state index in [-0.39, 0.29) is 46.8 Å². The number of halogens is 1. The average molecular weight is 721 g/mol. The number of nitrogens with zero attached hydrogens (tertiary/aromatic N) is 5. The number of ether oxygens (including phenoxy) is 3. The highest BCUT2D eigenvalue weighted by Crippen LogP contribution is 2.42. The molecule has 1 saturated heterocycles. The van der Waals surface area contributed by atoms with E-state index < -0.39 is 17.1 Å². The van der Waals surface area contributed by atoms with Gasteiger partial charge < -0.3 is 34.9 Å². The molecule has 0 aliphatic carbocycles. The number of aromatic amines is 1. The van der Waals surface area contributed by atoms with E-state index in [0.717, 1.165) is 40.2 Å². The molecule has 0 bridgehead atoms. The lowest BCUT2D eigenvalue weighted by molar-refractivity contribution is -0.141. The lowest BCUT2D eigenvalue weighted by Gasteiger charge is -2.37. The van der Waals surface area contributed by atoms with Crippen LogP contribution in [-0.2, 0) is 19.5 Å². The van der Waals surface area contributed by atoms with Gasteiger partial charge in [-0.2, -0.15) is 10.1 Å². The maximum absolute atomic E-state index is 12.3. The van der Waals surface area contributed by atoms with Gasteiger partial charge >= 0.3 is 0 Å². The molecule has 4 aromatic rings. The van der Waals surface area contributed by atoms with E-state index >= 15 is 0 Å². The molecule has 14 nitrogen and oxygen atoms in total. The second-order valence-electron chi connectivity index (χ2n) is 10.7. The van der Waals surface area contributed by atoms with Crippen LogP contribution in [0.2, 0.25) is 0 Å². The highest BCUT2D eigenvalue weighted by molar-refractivity contribution is 9.10. The minimum atomic E-state index is -3.67. The molecular formula is C30H37BrN8O6S. The summed E-state index contributed by atoms with van der Waals surface area (Å²) in [6.07, 6.45) is 7.20. The van der Waals surface area contributed by atoms with Crippen LogP contribution < -0.4 is 24.6 Å². The summed E-state index contributed by atoms with van der Waals surface area (Å²) in [6.45, 7) is 1.33. The van der Waals surface area contributed by atoms with Gasteiger partial charge in [-0.3, -0.25) is 9.40 Å². The number of anilines is 6. The molecular weight excluding hydrogens is 680 g/mol. The monoisotopic (exact) mass is 719 g/mol. The lowest BCUT2D eigenvalue weighted by atomic mass is 9.94. The fraction of sp³-hybridized carbons (Fsp3) is 0.367. The second-order valence-corrected chi connectivity index (χ2v) is 13.6. The molecule has 16 heteroatoms. The summed E-state index contributed by atoms with van der Waals surface area (Å²) in [4.78, 5) is 11.1. The Bertz CT molecular complexity index is 1870. The highest BCUT2D eigenvalue weighted by Gasteiger charge is 2.29. The van der Waals surface area contributed by atoms with Crippen molar-refractivity contribution in [3.05, 3.63) is 53.4 Å². The fourth-order valence-corrected chi connectivity index (χ4v) is 6.16. The van der Waals surface area contributed by atoms with Gasteiger partial charge in [0.1, 0.15) is 17.3 Å². The zero-order valence-corrected chi connectivity index (χ0v) is 28.0. The van der Waals surface area contributed by atoms with Crippen LogP contribution in [0.25, 0.3) is 11.1 Å². The molecule has 4 N–H and O–H groups in total. The minimum absolute atomic E-state index is 0.0488. The van der Waals surface area contributed by atoms with Crippen molar-refractivity contribution in [1.82, 2.24) is 20.2 Å². The van der Waals surface area contributed by atoms with Crippen molar-refractivity contribution in [2.75, 3.05) is 67.5 Å². The lowest BCUT2D eigenvalue weighted by Crippen LogP contribution is -2.39. The highest BCUT2D eigenvalue weighted by atomic mass is 79.9. The summed E-state index contributed by atoms with van der Waals surface area (Å²) in [5.74, 6) is 0.453. The molecule has 2 aromatic heterocycles. The summed E-state index contributed by atoms with van der Waals surface area (Å²) >= 11 is 3.43. The van der Waals surface area contributed by atoms with Crippen LogP contribution in [-0.4, -0.2) is 87.6 Å². The summed E-state index contributed by atoms with van der Waals surface area (Å²) in [5, 5.41) is 23.2. The molecule has 0 unspecified atom stereocenters. The van der Waals surface area contributed by atoms with Crippen LogP contribution >= 0.6 is 15.9 Å². The van der Waals surface area contributed by atoms with Crippen LogP contribution in [0.15, 0.2) is 53.4 Å². The van der Waals surface area contributed by atoms with Crippen LogP contribution in [0, 0.1) is 5.92 Å². The molecule has 2 aromatic carbocycles. The van der Waals surface area contributed by atoms with Crippen molar-refractivity contribution >= 4 is 60.5 Å². The zero-order valence-electron chi connectivity index (χ0n) is 28.6. The molecule has 1 aliphatic rings. The van der Waals surface area contributed by atoms with Crippen LogP contribution in [0.1, 0.15) is 17.0 Å². The third-order valence-corrected chi connectivity index (χ3v) is 9.58. The topological polar surface area (TPSA) is 167 Å². The predicted octanol–water partition coefficient (Wildman–Crippen LogP) is 5.06. The first kappa shape index (κ1) is 29.3. The van der Waals surface area contributed by atoms with Crippen molar-refractivity contribution in [2.45, 2.75) is 19.1 Å². The first-order chi connectivity index (χ1) is 23.2. The van der Waals surface area contributed by atoms with Gasteiger partial charge in [0.15, 0.2) is 6.29 Å². The van der Waals surface area contributed by atoms with Gasteiger partial charge in [-0.25, -0.2) is 13.4 Å². The Morgan fingerprint density at radius 1 is 1.15 bits per heavy atom. The Morgan fingerprint density at radius 3 is 2.57 bits per heavy atom. The Morgan fingerprint density at radius 2 is 1.91 bits per heavy atom. The molecule has 1 aliphatic heterocycles. The third-order valence-electron chi connectivity index (χ3n) is 7.81. The molecule has 0 spiro atoms. The summed E-state index contributed by atoms with van der Waals surface area (Å²) in [6, 6.07) is 7.68. The molecule has 5 rings (SSSR count). The zero-order chi connectivity index (χ0) is 35.5. The number of piperidine rings is 1. The number of rotatable bonds is 12. The molecule has 246 valence electrons. The molecule has 46 heavy (non-hydrogen) atoms. The summed E-state index contributed by atoms with van der Waals surface area (Å²) in [7, 11) is -1.82. The van der Waals surface area contributed by atoms with Crippen LogP contribution in [0.5, 0.6) is 11.5 Å². The normalized spacial score (nSPS) is 15.3. The third kappa shape index (κ3) is 7.30. The van der Waals surface area contributed by atoms with Gasteiger partial charge in [0.2, 0.25) is 16.0 Å². The maximum atomic E-state index is 12.3. The van der Waals surface area contributed by atoms with Gasteiger partial charge in [0.05, 0.1) is 45.1 Å². The maximum Gasteiger partial charge on any atom is 0.232 e. The fourth-order valence-electron chi connectivity index (χ4n) is 5.36. The Labute approximate surface area is 280 Å². The Hall–Kier alpha value is -4.12. The number of methoxy groups -OCH3 is 3. The van der Waals surface area contributed by atoms with E-state index in [1.807, 2.05) is 0 Å². The number of benzene rings is 2. The number of nitrogens with one attached hydrogen (secondary N) is 3. The molecule has 0 radical (unpaired) electrons. The van der Waals surface area contributed by atoms with E-state index in [1.54, 1.807) is 38.7 Å². The number of phenolic OH excluding ortho intramolecular Hbond substituents is 1. The second kappa shape index (κ2) is 14.1. The Kier molecular flexibility index (Phi) is 8.99. The smallest absolute Gasteiger partial charge is 0.232 e. The van der Waals surface area contributed by atoms with Crippen molar-refractivity contribution < 1.29 is 31.8 Å². The number of H-pyrrole nitrogens is 1. The van der Waals surface area contributed by atoms with Crippen molar-refractivity contribution in [1.29, 1.82) is 0 Å². The number of hydrogen-bond donors (Lipinski definition) is 4. The van der Waals surface area contributed by atoms with Crippen molar-refractivity contribution in [3.63, 3.8) is 0 Å². The minimum Gasteiger partial charge on any atom is -0.508 e. The van der Waals surface area contributed by atoms with Crippen LogP contribution in [0.3, 0.4) is 0 Å². The SMILES string of the molecule is [2H]C([2H])([2H])Oc1cc(N2CCC(C(OC)OC)CC2)c(-c2cn[nH]c2)cc1Nc1ncc(Br)c(Nc2ccc(O)cc2N(C)S(C)(=O)=O)n1. The van der Waals surface area contributed by atoms with E-state index in [9.17, 15) is 13.5 Å². The molecule has 0 atom stereocenters. The summed E-state index contributed by atoms with van der Waals surface area (Å²) < 4.78 is 66.2. The largest absolute Gasteiger partial charge is 0.508 e. The Balaban J connectivity index is 1.52.